The Bertz CT molecular complexity index is 1160. The van der Waals surface area contributed by atoms with Gasteiger partial charge in [-0.1, -0.05) is 29.8 Å². The highest BCUT2D eigenvalue weighted by atomic mass is 35.5. The lowest BCUT2D eigenvalue weighted by atomic mass is 10.0. The highest BCUT2D eigenvalue weighted by molar-refractivity contribution is 6.41. The van der Waals surface area contributed by atoms with E-state index < -0.39 is 6.23 Å². The van der Waals surface area contributed by atoms with Gasteiger partial charge in [-0.2, -0.15) is 0 Å². The number of hydrogen-bond donors (Lipinski definition) is 4. The molecule has 0 bridgehead atoms. The SMILES string of the molecule is C=CC(O)N[C@H]1CCNC[C@H]1Nc1cc2cnc(-c3c(Cl)c(OC)cc(OC)c3Cl)cc2cn1. The van der Waals surface area contributed by atoms with Crippen molar-refractivity contribution in [2.75, 3.05) is 32.6 Å². The van der Waals surface area contributed by atoms with Crippen LogP contribution in [-0.2, 0) is 0 Å². The molecule has 10 heteroatoms. The summed E-state index contributed by atoms with van der Waals surface area (Å²) in [5.74, 6) is 1.61. The summed E-state index contributed by atoms with van der Waals surface area (Å²) in [6.07, 6.45) is 5.12. The molecule has 2 aromatic heterocycles. The van der Waals surface area contributed by atoms with Crippen LogP contribution >= 0.6 is 23.2 Å². The van der Waals surface area contributed by atoms with Gasteiger partial charge in [-0.05, 0) is 31.2 Å². The zero-order valence-electron chi connectivity index (χ0n) is 18.9. The molecule has 0 aliphatic carbocycles. The van der Waals surface area contributed by atoms with E-state index in [0.29, 0.717) is 32.8 Å². The smallest absolute Gasteiger partial charge is 0.141 e. The van der Waals surface area contributed by atoms with Crippen LogP contribution in [-0.4, -0.2) is 60.7 Å². The van der Waals surface area contributed by atoms with E-state index in [0.717, 1.165) is 36.1 Å². The van der Waals surface area contributed by atoms with Crippen molar-refractivity contribution in [3.05, 3.63) is 53.3 Å². The van der Waals surface area contributed by atoms with Crippen molar-refractivity contribution in [2.45, 2.75) is 24.7 Å². The highest BCUT2D eigenvalue weighted by Gasteiger charge is 2.26. The quantitative estimate of drug-likeness (QED) is 0.271. The first kappa shape index (κ1) is 24.5. The lowest BCUT2D eigenvalue weighted by Gasteiger charge is -2.34. The van der Waals surface area contributed by atoms with Crippen molar-refractivity contribution in [1.82, 2.24) is 20.6 Å². The number of aromatic nitrogens is 2. The van der Waals surface area contributed by atoms with Gasteiger partial charge in [0, 0.05) is 47.4 Å². The number of hydrogen-bond acceptors (Lipinski definition) is 8. The van der Waals surface area contributed by atoms with Crippen LogP contribution in [0.3, 0.4) is 0 Å². The molecule has 1 aromatic carbocycles. The van der Waals surface area contributed by atoms with Crippen LogP contribution in [0.25, 0.3) is 22.0 Å². The van der Waals surface area contributed by atoms with E-state index in [-0.39, 0.29) is 12.1 Å². The summed E-state index contributed by atoms with van der Waals surface area (Å²) in [4.78, 5) is 9.19. The molecule has 8 nitrogen and oxygen atoms in total. The van der Waals surface area contributed by atoms with Gasteiger partial charge in [-0.3, -0.25) is 10.3 Å². The lowest BCUT2D eigenvalue weighted by Crippen LogP contribution is -2.56. The maximum absolute atomic E-state index is 9.92. The Kier molecular flexibility index (Phi) is 7.75. The first-order chi connectivity index (χ1) is 16.4. The van der Waals surface area contributed by atoms with Gasteiger partial charge >= 0.3 is 0 Å². The molecule has 1 aliphatic heterocycles. The van der Waals surface area contributed by atoms with Crippen molar-refractivity contribution in [2.24, 2.45) is 0 Å². The van der Waals surface area contributed by atoms with Gasteiger partial charge in [0.1, 0.15) is 23.5 Å². The van der Waals surface area contributed by atoms with Crippen LogP contribution in [0.5, 0.6) is 11.5 Å². The second kappa shape index (κ2) is 10.8. The van der Waals surface area contributed by atoms with Gasteiger partial charge in [0.2, 0.25) is 0 Å². The Labute approximate surface area is 208 Å². The number of fused-ring (bicyclic) bond motifs is 1. The zero-order chi connectivity index (χ0) is 24.2. The number of nitrogens with zero attached hydrogens (tertiary/aromatic N) is 2. The summed E-state index contributed by atoms with van der Waals surface area (Å²) in [6, 6.07) is 5.58. The van der Waals surface area contributed by atoms with Gasteiger partial charge < -0.3 is 25.2 Å². The number of rotatable bonds is 8. The molecule has 1 saturated heterocycles. The number of nitrogens with one attached hydrogen (secondary N) is 3. The molecule has 4 N–H and O–H groups in total. The molecule has 1 fully saturated rings. The third-order valence-electron chi connectivity index (χ3n) is 5.86. The Hall–Kier alpha value is -2.62. The second-order valence-corrected chi connectivity index (χ2v) is 8.72. The third-order valence-corrected chi connectivity index (χ3v) is 6.61. The molecule has 34 heavy (non-hydrogen) atoms. The molecular formula is C24H27Cl2N5O3. The Morgan fingerprint density at radius 3 is 2.44 bits per heavy atom. The molecule has 0 radical (unpaired) electrons. The fourth-order valence-corrected chi connectivity index (χ4v) is 4.75. The van der Waals surface area contributed by atoms with E-state index in [1.54, 1.807) is 18.5 Å². The fourth-order valence-electron chi connectivity index (χ4n) is 4.05. The van der Waals surface area contributed by atoms with E-state index >= 15 is 0 Å². The normalized spacial score (nSPS) is 19.0. The summed E-state index contributed by atoms with van der Waals surface area (Å²) >= 11 is 13.1. The molecule has 0 amide bonds. The Morgan fingerprint density at radius 1 is 1.09 bits per heavy atom. The molecule has 4 rings (SSSR count). The van der Waals surface area contributed by atoms with Gasteiger partial charge in [-0.25, -0.2) is 4.98 Å². The zero-order valence-corrected chi connectivity index (χ0v) is 20.5. The van der Waals surface area contributed by atoms with E-state index in [9.17, 15) is 5.11 Å². The lowest BCUT2D eigenvalue weighted by molar-refractivity contribution is 0.153. The van der Waals surface area contributed by atoms with Crippen LogP contribution in [0.15, 0.2) is 43.2 Å². The summed E-state index contributed by atoms with van der Waals surface area (Å²) in [5, 5.41) is 22.4. The average Bonchev–Trinajstić information content (AvgIpc) is 2.85. The number of pyridine rings is 2. The number of methoxy groups -OCH3 is 2. The Balaban J connectivity index is 1.63. The maximum atomic E-state index is 9.92. The molecule has 180 valence electrons. The molecular weight excluding hydrogens is 477 g/mol. The maximum Gasteiger partial charge on any atom is 0.141 e. The molecule has 0 saturated carbocycles. The van der Waals surface area contributed by atoms with Crippen molar-refractivity contribution in [3.8, 4) is 22.8 Å². The van der Waals surface area contributed by atoms with E-state index in [4.69, 9.17) is 32.7 Å². The van der Waals surface area contributed by atoms with Crippen molar-refractivity contribution >= 4 is 39.8 Å². The predicted octanol–water partition coefficient (Wildman–Crippen LogP) is 3.86. The van der Waals surface area contributed by atoms with Gasteiger partial charge in [-0.15, -0.1) is 0 Å². The monoisotopic (exact) mass is 503 g/mol. The van der Waals surface area contributed by atoms with Gasteiger partial charge in [0.05, 0.1) is 36.0 Å². The number of aliphatic hydroxyl groups excluding tert-OH is 1. The van der Waals surface area contributed by atoms with Crippen molar-refractivity contribution < 1.29 is 14.6 Å². The summed E-state index contributed by atoms with van der Waals surface area (Å²) in [6.45, 7) is 5.25. The first-order valence-corrected chi connectivity index (χ1v) is 11.6. The van der Waals surface area contributed by atoms with Crippen LogP contribution < -0.4 is 25.4 Å². The van der Waals surface area contributed by atoms with Gasteiger partial charge in [0.25, 0.3) is 0 Å². The molecule has 1 unspecified atom stereocenters. The van der Waals surface area contributed by atoms with Crippen LogP contribution in [0.2, 0.25) is 10.0 Å². The number of piperidine rings is 1. The molecule has 0 spiro atoms. The van der Waals surface area contributed by atoms with Gasteiger partial charge in [0.15, 0.2) is 0 Å². The largest absolute Gasteiger partial charge is 0.495 e. The topological polar surface area (TPSA) is 101 Å². The number of benzene rings is 1. The summed E-state index contributed by atoms with van der Waals surface area (Å²) in [7, 11) is 3.06. The summed E-state index contributed by atoms with van der Waals surface area (Å²) < 4.78 is 10.7. The fraction of sp³-hybridized carbons (Fsp3) is 0.333. The minimum absolute atomic E-state index is 0.0439. The highest BCUT2D eigenvalue weighted by Crippen LogP contribution is 2.45. The van der Waals surface area contributed by atoms with E-state index in [2.05, 4.69) is 32.5 Å². The van der Waals surface area contributed by atoms with Crippen molar-refractivity contribution in [1.29, 1.82) is 0 Å². The Morgan fingerprint density at radius 2 is 1.76 bits per heavy atom. The average molecular weight is 504 g/mol. The van der Waals surface area contributed by atoms with Crippen LogP contribution in [0.4, 0.5) is 5.82 Å². The third kappa shape index (κ3) is 5.06. The number of anilines is 1. The number of halogens is 2. The second-order valence-electron chi connectivity index (χ2n) is 7.97. The molecule has 3 atom stereocenters. The number of aliphatic hydroxyl groups is 1. The molecule has 1 aliphatic rings. The minimum atomic E-state index is -0.756. The van der Waals surface area contributed by atoms with Crippen molar-refractivity contribution in [3.63, 3.8) is 0 Å². The molecule has 3 aromatic rings. The molecule has 3 heterocycles. The standard InChI is InChI=1S/C24H27Cl2N5O3/c1-4-21(32)31-15-5-6-27-12-17(15)30-20-8-14-10-28-16(7-13(14)11-29-20)22-23(25)18(33-2)9-19(34-3)24(22)26/h4,7-11,15,17,21,27,31-32H,1,5-6,12H2,2-3H3,(H,29,30)/t15-,17+,21?/m0/s1. The van der Waals surface area contributed by atoms with Crippen LogP contribution in [0.1, 0.15) is 6.42 Å². The van der Waals surface area contributed by atoms with E-state index in [1.165, 1.54) is 20.3 Å². The first-order valence-electron chi connectivity index (χ1n) is 10.8. The number of ether oxygens (including phenoxy) is 2. The van der Waals surface area contributed by atoms with Crippen LogP contribution in [0, 0.1) is 0 Å². The van der Waals surface area contributed by atoms with E-state index in [1.807, 2.05) is 12.1 Å². The predicted molar refractivity (Wildman–Crippen MR) is 136 cm³/mol. The minimum Gasteiger partial charge on any atom is -0.495 e. The summed E-state index contributed by atoms with van der Waals surface area (Å²) in [5.41, 5.74) is 1.12.